The number of para-hydroxylation sites is 1. The molecule has 1 saturated heterocycles. The largest absolute Gasteiger partial charge is 0.496 e. The maximum atomic E-state index is 13.5. The van der Waals surface area contributed by atoms with Crippen LogP contribution < -0.4 is 25.0 Å². The Labute approximate surface area is 266 Å². The number of rotatable bonds is 13. The van der Waals surface area contributed by atoms with E-state index in [4.69, 9.17) is 14.2 Å². The minimum Gasteiger partial charge on any atom is -0.496 e. The van der Waals surface area contributed by atoms with Crippen molar-refractivity contribution in [2.45, 2.75) is 44.2 Å². The van der Waals surface area contributed by atoms with Crippen molar-refractivity contribution in [1.29, 1.82) is 0 Å². The summed E-state index contributed by atoms with van der Waals surface area (Å²) in [4.78, 5) is 29.6. The molecule has 0 saturated carbocycles. The molecule has 2 heterocycles. The summed E-state index contributed by atoms with van der Waals surface area (Å²) in [6.45, 7) is 4.41. The molecule has 0 bridgehead atoms. The van der Waals surface area contributed by atoms with E-state index < -0.39 is 0 Å². The maximum Gasteiger partial charge on any atom is 0.251 e. The van der Waals surface area contributed by atoms with Crippen LogP contribution in [-0.4, -0.2) is 83.4 Å². The molecule has 240 valence electrons. The van der Waals surface area contributed by atoms with Crippen LogP contribution in [0, 0.1) is 0 Å². The summed E-state index contributed by atoms with van der Waals surface area (Å²) < 4.78 is 17.2. The number of benzene rings is 3. The lowest BCUT2D eigenvalue weighted by molar-refractivity contribution is -0.127. The molecule has 45 heavy (non-hydrogen) atoms. The van der Waals surface area contributed by atoms with E-state index in [9.17, 15) is 9.59 Å². The van der Waals surface area contributed by atoms with Gasteiger partial charge in [0.1, 0.15) is 11.5 Å². The number of amides is 2. The van der Waals surface area contributed by atoms with E-state index >= 15 is 0 Å². The van der Waals surface area contributed by atoms with Crippen molar-refractivity contribution in [1.82, 2.24) is 15.5 Å². The van der Waals surface area contributed by atoms with E-state index in [2.05, 4.69) is 27.7 Å². The molecule has 2 aliphatic heterocycles. The molecule has 3 aromatic carbocycles. The Bertz CT molecular complexity index is 1430. The topological polar surface area (TPSA) is 92.4 Å². The van der Waals surface area contributed by atoms with Gasteiger partial charge >= 0.3 is 0 Å². The highest BCUT2D eigenvalue weighted by atomic mass is 16.5. The predicted molar refractivity (Wildman–Crippen MR) is 176 cm³/mol. The second kappa shape index (κ2) is 15.8. The lowest BCUT2D eigenvalue weighted by Crippen LogP contribution is -2.50. The van der Waals surface area contributed by atoms with Crippen LogP contribution in [-0.2, 0) is 22.6 Å². The Morgan fingerprint density at radius 3 is 2.67 bits per heavy atom. The van der Waals surface area contributed by atoms with Crippen LogP contribution in [0.5, 0.6) is 11.5 Å². The SMILES string of the molecule is COc1ccccc1COCCCOc1ccc(C2CCNC[C@H]2NC(=O)c2ccc3c(c2)N(CC(=O)N(C)C)CCC3)cc1. The summed E-state index contributed by atoms with van der Waals surface area (Å²) in [7, 11) is 5.21. The molecule has 3 aromatic rings. The number of likely N-dealkylation sites (N-methyl/N-ethyl adjacent to an activating group) is 1. The molecule has 0 aliphatic carbocycles. The maximum absolute atomic E-state index is 13.5. The molecule has 9 heteroatoms. The number of fused-ring (bicyclic) bond motifs is 1. The zero-order chi connectivity index (χ0) is 31.6. The van der Waals surface area contributed by atoms with Crippen LogP contribution in [0.15, 0.2) is 66.7 Å². The second-order valence-corrected chi connectivity index (χ2v) is 12.0. The molecule has 1 unspecified atom stereocenters. The number of carbonyl (C=O) groups is 2. The van der Waals surface area contributed by atoms with Crippen LogP contribution in [0.1, 0.15) is 52.2 Å². The van der Waals surface area contributed by atoms with Gasteiger partial charge in [-0.3, -0.25) is 9.59 Å². The average molecular weight is 615 g/mol. The molecule has 1 fully saturated rings. The summed E-state index contributed by atoms with van der Waals surface area (Å²) in [6.07, 6.45) is 3.67. The van der Waals surface area contributed by atoms with Crippen LogP contribution >= 0.6 is 0 Å². The number of anilines is 1. The Balaban J connectivity index is 1.13. The minimum absolute atomic E-state index is 0.0409. The Morgan fingerprint density at radius 1 is 1.04 bits per heavy atom. The lowest BCUT2D eigenvalue weighted by atomic mass is 9.86. The third kappa shape index (κ3) is 8.55. The summed E-state index contributed by atoms with van der Waals surface area (Å²) >= 11 is 0. The molecule has 2 amide bonds. The van der Waals surface area contributed by atoms with E-state index in [0.29, 0.717) is 38.5 Å². The summed E-state index contributed by atoms with van der Waals surface area (Å²) in [5.41, 5.74) is 5.02. The summed E-state index contributed by atoms with van der Waals surface area (Å²) in [5, 5.41) is 6.75. The van der Waals surface area contributed by atoms with Crippen LogP contribution in [0.25, 0.3) is 0 Å². The van der Waals surface area contributed by atoms with Crippen LogP contribution in [0.3, 0.4) is 0 Å². The monoisotopic (exact) mass is 614 g/mol. The van der Waals surface area contributed by atoms with Gasteiger partial charge in [0.05, 0.1) is 33.5 Å². The average Bonchev–Trinajstić information content (AvgIpc) is 3.07. The molecule has 0 aromatic heterocycles. The zero-order valence-electron chi connectivity index (χ0n) is 26.7. The van der Waals surface area contributed by atoms with Crippen molar-refractivity contribution in [3.63, 3.8) is 0 Å². The highest BCUT2D eigenvalue weighted by molar-refractivity contribution is 5.96. The molecule has 0 spiro atoms. The van der Waals surface area contributed by atoms with Gasteiger partial charge < -0.3 is 34.6 Å². The van der Waals surface area contributed by atoms with Crippen molar-refractivity contribution in [2.24, 2.45) is 0 Å². The summed E-state index contributed by atoms with van der Waals surface area (Å²) in [6, 6.07) is 22.0. The minimum atomic E-state index is -0.0890. The molecule has 2 N–H and O–H groups in total. The molecular formula is C36H46N4O5. The first-order valence-electron chi connectivity index (χ1n) is 15.9. The number of methoxy groups -OCH3 is 1. The molecule has 0 radical (unpaired) electrons. The van der Waals surface area contributed by atoms with Gasteiger partial charge in [0, 0.05) is 62.4 Å². The van der Waals surface area contributed by atoms with E-state index in [1.165, 1.54) is 11.1 Å². The second-order valence-electron chi connectivity index (χ2n) is 12.0. The quantitative estimate of drug-likeness (QED) is 0.276. The van der Waals surface area contributed by atoms with Crippen LogP contribution in [0.2, 0.25) is 0 Å². The van der Waals surface area contributed by atoms with Gasteiger partial charge in [0.2, 0.25) is 5.91 Å². The van der Waals surface area contributed by atoms with Gasteiger partial charge in [0.25, 0.3) is 5.91 Å². The molecular weight excluding hydrogens is 568 g/mol. The summed E-state index contributed by atoms with van der Waals surface area (Å²) in [5.74, 6) is 1.82. The highest BCUT2D eigenvalue weighted by Crippen LogP contribution is 2.30. The smallest absolute Gasteiger partial charge is 0.251 e. The fraction of sp³-hybridized carbons (Fsp3) is 0.444. The fourth-order valence-corrected chi connectivity index (χ4v) is 6.09. The van der Waals surface area contributed by atoms with Gasteiger partial charge in [0.15, 0.2) is 0 Å². The van der Waals surface area contributed by atoms with Crippen molar-refractivity contribution in [3.8, 4) is 11.5 Å². The standard InChI is InChI=1S/C36H46N4O5/c1-39(2)35(41)24-40-19-6-9-27-11-12-28(22-33(27)40)36(42)38-32-23-37-18-17-31(32)26-13-15-30(16-14-26)45-21-7-20-44-25-29-8-4-5-10-34(29)43-3/h4-5,8,10-16,22,31-32,37H,6-7,9,17-21,23-25H2,1-3H3,(H,38,42)/t31?,32-/m1/s1. The molecule has 2 atom stereocenters. The third-order valence-electron chi connectivity index (χ3n) is 8.65. The molecule has 9 nitrogen and oxygen atoms in total. The van der Waals surface area contributed by atoms with E-state index in [1.807, 2.05) is 54.6 Å². The number of ether oxygens (including phenoxy) is 3. The Kier molecular flexibility index (Phi) is 11.3. The number of hydrogen-bond donors (Lipinski definition) is 2. The van der Waals surface area contributed by atoms with Gasteiger partial charge in [-0.1, -0.05) is 36.4 Å². The third-order valence-corrected chi connectivity index (χ3v) is 8.65. The number of hydrogen-bond acceptors (Lipinski definition) is 7. The predicted octanol–water partition coefficient (Wildman–Crippen LogP) is 4.40. The number of carbonyl (C=O) groups excluding carboxylic acids is 2. The van der Waals surface area contributed by atoms with Crippen molar-refractivity contribution < 1.29 is 23.8 Å². The normalized spacial score (nSPS) is 17.7. The van der Waals surface area contributed by atoms with Gasteiger partial charge in [-0.15, -0.1) is 0 Å². The zero-order valence-corrected chi connectivity index (χ0v) is 26.7. The van der Waals surface area contributed by atoms with Gasteiger partial charge in [-0.2, -0.15) is 0 Å². The molecule has 5 rings (SSSR count). The first kappa shape index (κ1) is 32.3. The fourth-order valence-electron chi connectivity index (χ4n) is 6.09. The Morgan fingerprint density at radius 2 is 1.87 bits per heavy atom. The van der Waals surface area contributed by atoms with E-state index in [1.54, 1.807) is 26.1 Å². The number of nitrogens with zero attached hydrogens (tertiary/aromatic N) is 2. The van der Waals surface area contributed by atoms with Gasteiger partial charge in [-0.05, 0) is 67.3 Å². The van der Waals surface area contributed by atoms with Crippen LogP contribution in [0.4, 0.5) is 5.69 Å². The number of piperidine rings is 1. The molecule has 2 aliphatic rings. The number of nitrogens with one attached hydrogen (secondary N) is 2. The van der Waals surface area contributed by atoms with E-state index in [-0.39, 0.29) is 23.8 Å². The highest BCUT2D eigenvalue weighted by Gasteiger charge is 2.29. The number of aryl methyl sites for hydroxylation is 1. The first-order chi connectivity index (χ1) is 21.9. The van der Waals surface area contributed by atoms with Crippen molar-refractivity contribution >= 4 is 17.5 Å². The van der Waals surface area contributed by atoms with E-state index in [0.717, 1.165) is 61.5 Å². The Hall–Kier alpha value is -4.08. The first-order valence-corrected chi connectivity index (χ1v) is 15.9. The van der Waals surface area contributed by atoms with Crippen molar-refractivity contribution in [2.75, 3.05) is 65.5 Å². The van der Waals surface area contributed by atoms with Gasteiger partial charge in [-0.25, -0.2) is 0 Å². The van der Waals surface area contributed by atoms with Crippen molar-refractivity contribution in [3.05, 3.63) is 89.0 Å². The lowest BCUT2D eigenvalue weighted by Gasteiger charge is -2.34.